The van der Waals surface area contributed by atoms with Crippen molar-refractivity contribution in [3.05, 3.63) is 79.0 Å². The minimum Gasteiger partial charge on any atom is -0.451 e. The smallest absolute Gasteiger partial charge is 0.186 e. The van der Waals surface area contributed by atoms with E-state index in [0.29, 0.717) is 11.4 Å². The quantitative estimate of drug-likeness (QED) is 0.395. The highest BCUT2D eigenvalue weighted by Crippen LogP contribution is 2.37. The number of hydrogen-bond donors (Lipinski definition) is 0. The van der Waals surface area contributed by atoms with Gasteiger partial charge >= 0.3 is 0 Å². The molecule has 5 heteroatoms. The second-order valence-corrected chi connectivity index (χ2v) is 6.77. The molecule has 0 saturated carbocycles. The maximum atomic E-state index is 6.07. The predicted octanol–water partition coefficient (Wildman–Crippen LogP) is 5.59. The van der Waals surface area contributed by atoms with Gasteiger partial charge in [-0.2, -0.15) is 0 Å². The average molecular weight is 355 g/mol. The third-order valence-corrected chi connectivity index (χ3v) is 4.98. The van der Waals surface area contributed by atoms with Crippen molar-refractivity contribution >= 4 is 33.8 Å². The van der Waals surface area contributed by atoms with E-state index in [2.05, 4.69) is 4.98 Å². The molecule has 5 rings (SSSR count). The molecule has 4 nitrogen and oxygen atoms in total. The summed E-state index contributed by atoms with van der Waals surface area (Å²) in [4.78, 5) is 14.0. The van der Waals surface area contributed by atoms with Crippen LogP contribution in [0.15, 0.2) is 93.5 Å². The Kier molecular flexibility index (Phi) is 3.65. The number of rotatable bonds is 3. The first-order valence-corrected chi connectivity index (χ1v) is 9.04. The molecule has 3 heterocycles. The zero-order valence-electron chi connectivity index (χ0n) is 13.7. The summed E-state index contributed by atoms with van der Waals surface area (Å²) in [7, 11) is 0. The Morgan fingerprint density at radius 2 is 1.58 bits per heavy atom. The van der Waals surface area contributed by atoms with Crippen molar-refractivity contribution in [2.45, 2.75) is 10.1 Å². The second-order valence-electron chi connectivity index (χ2n) is 5.76. The first-order valence-electron chi connectivity index (χ1n) is 8.22. The third kappa shape index (κ3) is 2.62. The van der Waals surface area contributed by atoms with E-state index in [9.17, 15) is 0 Å². The van der Waals surface area contributed by atoms with Crippen LogP contribution in [0.1, 0.15) is 0 Å². The summed E-state index contributed by atoms with van der Waals surface area (Å²) < 4.78 is 6.07. The number of para-hydroxylation sites is 1. The molecule has 0 unspecified atom stereocenters. The largest absolute Gasteiger partial charge is 0.451 e. The van der Waals surface area contributed by atoms with Crippen molar-refractivity contribution in [1.29, 1.82) is 0 Å². The molecule has 0 fully saturated rings. The molecule has 0 aliphatic carbocycles. The highest BCUT2D eigenvalue weighted by molar-refractivity contribution is 7.99. The summed E-state index contributed by atoms with van der Waals surface area (Å²) in [5, 5.41) is 2.63. The van der Waals surface area contributed by atoms with Crippen molar-refractivity contribution in [3.63, 3.8) is 0 Å². The van der Waals surface area contributed by atoms with E-state index in [1.165, 1.54) is 11.8 Å². The van der Waals surface area contributed by atoms with E-state index in [-0.39, 0.29) is 0 Å². The number of benzene rings is 2. The van der Waals surface area contributed by atoms with Gasteiger partial charge in [0, 0.05) is 17.1 Å². The van der Waals surface area contributed by atoms with Crippen LogP contribution in [0.2, 0.25) is 0 Å². The summed E-state index contributed by atoms with van der Waals surface area (Å²) >= 11 is 1.49. The van der Waals surface area contributed by atoms with Gasteiger partial charge in [-0.25, -0.2) is 15.0 Å². The van der Waals surface area contributed by atoms with Gasteiger partial charge in [0.25, 0.3) is 0 Å². The van der Waals surface area contributed by atoms with E-state index in [1.807, 2.05) is 72.8 Å². The van der Waals surface area contributed by atoms with Crippen LogP contribution in [0, 0.1) is 0 Å². The van der Waals surface area contributed by atoms with E-state index in [1.54, 1.807) is 6.20 Å². The fraction of sp³-hybridized carbons (Fsp3) is 0. The number of furan rings is 1. The van der Waals surface area contributed by atoms with Gasteiger partial charge in [0.2, 0.25) is 0 Å². The molecule has 0 N–H and O–H groups in total. The van der Waals surface area contributed by atoms with Crippen molar-refractivity contribution in [2.24, 2.45) is 0 Å². The lowest BCUT2D eigenvalue weighted by atomic mass is 10.2. The minimum atomic E-state index is 0.683. The summed E-state index contributed by atoms with van der Waals surface area (Å²) in [6, 6.07) is 23.7. The molecular formula is C21H13N3OS. The molecular weight excluding hydrogens is 342 g/mol. The van der Waals surface area contributed by atoms with Gasteiger partial charge in [-0.3, -0.25) is 0 Å². The number of hydrogen-bond acceptors (Lipinski definition) is 5. The molecule has 5 aromatic rings. The van der Waals surface area contributed by atoms with Crippen LogP contribution >= 0.6 is 11.8 Å². The standard InChI is InChI=1S/C21H13N3OS/c1-2-8-14(9-3-1)20-23-18-15-10-4-5-11-16(15)25-19(18)21(24-20)26-17-12-6-7-13-22-17/h1-13H. The molecule has 3 aromatic heterocycles. The van der Waals surface area contributed by atoms with E-state index in [4.69, 9.17) is 14.4 Å². The Balaban J connectivity index is 1.78. The van der Waals surface area contributed by atoms with Crippen LogP contribution in [0.5, 0.6) is 0 Å². The lowest BCUT2D eigenvalue weighted by molar-refractivity contribution is 0.653. The molecule has 0 bridgehead atoms. The Labute approximate surface area is 153 Å². The van der Waals surface area contributed by atoms with Crippen molar-refractivity contribution in [1.82, 2.24) is 15.0 Å². The van der Waals surface area contributed by atoms with Crippen molar-refractivity contribution in [2.75, 3.05) is 0 Å². The van der Waals surface area contributed by atoms with Gasteiger partial charge in [-0.15, -0.1) is 0 Å². The minimum absolute atomic E-state index is 0.683. The topological polar surface area (TPSA) is 51.8 Å². The maximum Gasteiger partial charge on any atom is 0.186 e. The normalized spacial score (nSPS) is 11.2. The highest BCUT2D eigenvalue weighted by Gasteiger charge is 2.17. The van der Waals surface area contributed by atoms with Crippen LogP contribution in [-0.2, 0) is 0 Å². The Morgan fingerprint density at radius 1 is 0.769 bits per heavy atom. The Morgan fingerprint density at radius 3 is 2.42 bits per heavy atom. The summed E-state index contributed by atoms with van der Waals surface area (Å²) in [6.07, 6.45) is 1.78. The average Bonchev–Trinajstić information content (AvgIpc) is 3.09. The fourth-order valence-corrected chi connectivity index (χ4v) is 3.68. The van der Waals surface area contributed by atoms with Crippen LogP contribution in [0.25, 0.3) is 33.5 Å². The van der Waals surface area contributed by atoms with Gasteiger partial charge in [0.15, 0.2) is 11.4 Å². The number of fused-ring (bicyclic) bond motifs is 3. The van der Waals surface area contributed by atoms with E-state index in [0.717, 1.165) is 32.1 Å². The van der Waals surface area contributed by atoms with Gasteiger partial charge in [-0.1, -0.05) is 48.5 Å². The van der Waals surface area contributed by atoms with Crippen LogP contribution < -0.4 is 0 Å². The van der Waals surface area contributed by atoms with Gasteiger partial charge in [0.1, 0.15) is 21.2 Å². The molecule has 0 atom stereocenters. The van der Waals surface area contributed by atoms with Crippen molar-refractivity contribution in [3.8, 4) is 11.4 Å². The molecule has 0 radical (unpaired) electrons. The van der Waals surface area contributed by atoms with Crippen LogP contribution in [0.4, 0.5) is 0 Å². The van der Waals surface area contributed by atoms with Gasteiger partial charge in [-0.05, 0) is 36.0 Å². The van der Waals surface area contributed by atoms with E-state index < -0.39 is 0 Å². The SMILES string of the molecule is c1ccc(-c2nc(Sc3ccccn3)c3oc4ccccc4c3n2)cc1. The molecule has 2 aromatic carbocycles. The second kappa shape index (κ2) is 6.28. The van der Waals surface area contributed by atoms with Gasteiger partial charge < -0.3 is 4.42 Å². The van der Waals surface area contributed by atoms with Crippen molar-refractivity contribution < 1.29 is 4.42 Å². The zero-order valence-corrected chi connectivity index (χ0v) is 14.5. The zero-order chi connectivity index (χ0) is 17.3. The lowest BCUT2D eigenvalue weighted by Crippen LogP contribution is -1.92. The predicted molar refractivity (Wildman–Crippen MR) is 103 cm³/mol. The first-order chi connectivity index (χ1) is 12.9. The number of nitrogens with zero attached hydrogens (tertiary/aromatic N) is 3. The van der Waals surface area contributed by atoms with Crippen LogP contribution in [0.3, 0.4) is 0 Å². The lowest BCUT2D eigenvalue weighted by Gasteiger charge is -2.05. The molecule has 0 aliphatic heterocycles. The van der Waals surface area contributed by atoms with Crippen LogP contribution in [-0.4, -0.2) is 15.0 Å². The monoisotopic (exact) mass is 355 g/mol. The van der Waals surface area contributed by atoms with E-state index >= 15 is 0 Å². The summed E-state index contributed by atoms with van der Waals surface area (Å²) in [5.74, 6) is 0.683. The fourth-order valence-electron chi connectivity index (χ4n) is 2.86. The summed E-state index contributed by atoms with van der Waals surface area (Å²) in [5.41, 5.74) is 3.31. The Hall–Kier alpha value is -3.18. The molecule has 0 aliphatic rings. The van der Waals surface area contributed by atoms with Gasteiger partial charge in [0.05, 0.1) is 0 Å². The molecule has 0 saturated heterocycles. The maximum absolute atomic E-state index is 6.07. The highest BCUT2D eigenvalue weighted by atomic mass is 32.2. The third-order valence-electron chi connectivity index (χ3n) is 4.06. The molecule has 0 spiro atoms. The summed E-state index contributed by atoms with van der Waals surface area (Å²) in [6.45, 7) is 0. The Bertz CT molecular complexity index is 1200. The molecule has 124 valence electrons. The number of pyridine rings is 1. The number of aromatic nitrogens is 3. The molecule has 26 heavy (non-hydrogen) atoms. The molecule has 0 amide bonds. The first kappa shape index (κ1) is 15.1.